The Hall–Kier alpha value is -1.60. The van der Waals surface area contributed by atoms with E-state index in [9.17, 15) is 14.7 Å². The van der Waals surface area contributed by atoms with E-state index in [1.54, 1.807) is 6.08 Å². The summed E-state index contributed by atoms with van der Waals surface area (Å²) in [6, 6.07) is 0.382. The van der Waals surface area contributed by atoms with E-state index in [1.807, 2.05) is 4.90 Å². The number of aliphatic hydroxyl groups is 1. The number of hydrogen-bond donors (Lipinski definition) is 3. The number of cyclic esters (lactones) is 1. The number of nitrogens with zero attached hydrogens (tertiary/aromatic N) is 1. The number of carbonyl (C=O) groups excluding carboxylic acids is 2. The molecule has 4 aliphatic carbocycles. The van der Waals surface area contributed by atoms with Crippen molar-refractivity contribution in [2.24, 2.45) is 34.5 Å². The van der Waals surface area contributed by atoms with Gasteiger partial charge in [-0.25, -0.2) is 9.59 Å². The second-order valence-corrected chi connectivity index (χ2v) is 13.3. The summed E-state index contributed by atoms with van der Waals surface area (Å²) in [6.45, 7) is 8.70. The van der Waals surface area contributed by atoms with E-state index in [1.165, 1.54) is 0 Å². The summed E-state index contributed by atoms with van der Waals surface area (Å²) >= 11 is 0. The summed E-state index contributed by atoms with van der Waals surface area (Å²) in [6.07, 6.45) is 12.2. The van der Waals surface area contributed by atoms with Gasteiger partial charge in [0.25, 0.3) is 0 Å². The Morgan fingerprint density at radius 3 is 2.75 bits per heavy atom. The van der Waals surface area contributed by atoms with Crippen LogP contribution in [0.2, 0.25) is 0 Å². The van der Waals surface area contributed by atoms with Gasteiger partial charge < -0.3 is 25.4 Å². The molecule has 7 heteroatoms. The van der Waals surface area contributed by atoms with Gasteiger partial charge in [-0.1, -0.05) is 13.8 Å². The summed E-state index contributed by atoms with van der Waals surface area (Å²) < 4.78 is 5.26. The minimum atomic E-state index is -0.660. The molecular formula is C29H45N3O4. The molecule has 5 fully saturated rings. The third-order valence-corrected chi connectivity index (χ3v) is 11.9. The highest BCUT2D eigenvalue weighted by molar-refractivity contribution is 5.85. The van der Waals surface area contributed by atoms with Crippen LogP contribution in [0.4, 0.5) is 4.79 Å². The van der Waals surface area contributed by atoms with Crippen LogP contribution in [0.3, 0.4) is 0 Å². The summed E-state index contributed by atoms with van der Waals surface area (Å²) in [7, 11) is 0. The molecule has 4 saturated carbocycles. The lowest BCUT2D eigenvalue weighted by molar-refractivity contribution is -0.204. The van der Waals surface area contributed by atoms with Crippen LogP contribution >= 0.6 is 0 Å². The second kappa shape index (κ2) is 9.00. The maximum atomic E-state index is 13.0. The number of hydrogen-bond acceptors (Lipinski definition) is 5. The molecule has 0 aromatic rings. The normalized spacial score (nSPS) is 46.6. The lowest BCUT2D eigenvalue weighted by atomic mass is 9.43. The molecule has 6 rings (SSSR count). The van der Waals surface area contributed by atoms with Crippen molar-refractivity contribution < 1.29 is 19.4 Å². The molecule has 8 atom stereocenters. The molecule has 6 aliphatic rings. The molecule has 2 aliphatic heterocycles. The SMILES string of the molecule is C[C@]12CC[C@H](NC(=O)N3CCCNCC3)C[C@H]1CC[C@@H]1[C@@H]2CC[C@]2(C)[C@@H](C3=CC(=O)OC3)CC[C@]12O. The fraction of sp³-hybridized carbons (Fsp3) is 0.862. The van der Waals surface area contributed by atoms with Crippen LogP contribution in [0.25, 0.3) is 0 Å². The lowest BCUT2D eigenvalue weighted by Gasteiger charge is -2.64. The van der Waals surface area contributed by atoms with Crippen molar-refractivity contribution in [3.05, 3.63) is 11.6 Å². The van der Waals surface area contributed by atoms with E-state index in [0.717, 1.165) is 96.0 Å². The van der Waals surface area contributed by atoms with E-state index in [2.05, 4.69) is 24.5 Å². The highest BCUT2D eigenvalue weighted by Crippen LogP contribution is 2.69. The van der Waals surface area contributed by atoms with Crippen LogP contribution in [0.5, 0.6) is 0 Å². The summed E-state index contributed by atoms with van der Waals surface area (Å²) in [5.74, 6) is 1.51. The minimum absolute atomic E-state index is 0.115. The average molecular weight is 500 g/mol. The van der Waals surface area contributed by atoms with Crippen molar-refractivity contribution in [3.63, 3.8) is 0 Å². The summed E-state index contributed by atoms with van der Waals surface area (Å²) in [5.41, 5.74) is 0.502. The number of rotatable bonds is 2. The quantitative estimate of drug-likeness (QED) is 0.505. The number of fused-ring (bicyclic) bond motifs is 5. The molecule has 0 aromatic heterocycles. The summed E-state index contributed by atoms with van der Waals surface area (Å²) in [4.78, 5) is 26.7. The van der Waals surface area contributed by atoms with Crippen LogP contribution in [-0.4, -0.2) is 66.4 Å². The zero-order valence-corrected chi connectivity index (χ0v) is 22.2. The fourth-order valence-corrected chi connectivity index (χ4v) is 9.86. The van der Waals surface area contributed by atoms with Crippen LogP contribution < -0.4 is 10.6 Å². The molecule has 36 heavy (non-hydrogen) atoms. The van der Waals surface area contributed by atoms with Gasteiger partial charge in [-0.2, -0.15) is 0 Å². The van der Waals surface area contributed by atoms with Crippen molar-refractivity contribution in [2.75, 3.05) is 32.8 Å². The largest absolute Gasteiger partial charge is 0.458 e. The maximum absolute atomic E-state index is 13.0. The second-order valence-electron chi connectivity index (χ2n) is 13.3. The number of amides is 2. The van der Waals surface area contributed by atoms with Gasteiger partial charge in [-0.05, 0) is 105 Å². The fourth-order valence-electron chi connectivity index (χ4n) is 9.86. The first-order chi connectivity index (χ1) is 17.2. The predicted octanol–water partition coefficient (Wildman–Crippen LogP) is 3.62. The monoisotopic (exact) mass is 499 g/mol. The number of urea groups is 1. The highest BCUT2D eigenvalue weighted by atomic mass is 16.5. The third-order valence-electron chi connectivity index (χ3n) is 11.9. The zero-order chi connectivity index (χ0) is 25.1. The number of carbonyl (C=O) groups is 2. The first kappa shape index (κ1) is 24.7. The molecule has 1 saturated heterocycles. The molecular weight excluding hydrogens is 454 g/mol. The number of nitrogens with one attached hydrogen (secondary N) is 2. The van der Waals surface area contributed by atoms with E-state index < -0.39 is 5.60 Å². The van der Waals surface area contributed by atoms with Crippen LogP contribution in [0, 0.1) is 34.5 Å². The third kappa shape index (κ3) is 3.74. The van der Waals surface area contributed by atoms with Gasteiger partial charge in [-0.3, -0.25) is 0 Å². The van der Waals surface area contributed by atoms with Gasteiger partial charge in [0, 0.05) is 37.2 Å². The van der Waals surface area contributed by atoms with Crippen molar-refractivity contribution in [3.8, 4) is 0 Å². The molecule has 0 spiro atoms. The molecule has 7 nitrogen and oxygen atoms in total. The molecule has 0 radical (unpaired) electrons. The van der Waals surface area contributed by atoms with Gasteiger partial charge >= 0.3 is 12.0 Å². The standard InChI is InChI=1S/C29H45N3O4/c1-27-9-6-21(31-26(34)32-14-3-12-30-13-15-32)17-20(27)4-5-24-23(27)7-10-28(2)22(8-11-29(24,28)35)19-16-25(33)36-18-19/h16,20-24,30,35H,3-15,17-18H2,1-2H3,(H,31,34)/t20-,21+,22-,23+,24-,27+,28-,29+/m1/s1. The molecule has 3 N–H and O–H groups in total. The highest BCUT2D eigenvalue weighted by Gasteiger charge is 2.67. The Morgan fingerprint density at radius 2 is 1.94 bits per heavy atom. The van der Waals surface area contributed by atoms with Crippen molar-refractivity contribution in [1.82, 2.24) is 15.5 Å². The van der Waals surface area contributed by atoms with Crippen LogP contribution in [-0.2, 0) is 9.53 Å². The minimum Gasteiger partial charge on any atom is -0.458 e. The number of esters is 1. The average Bonchev–Trinajstić information content (AvgIpc) is 3.26. The van der Waals surface area contributed by atoms with Crippen molar-refractivity contribution in [2.45, 2.75) is 89.7 Å². The van der Waals surface area contributed by atoms with Gasteiger partial charge in [0.15, 0.2) is 0 Å². The van der Waals surface area contributed by atoms with Crippen LogP contribution in [0.15, 0.2) is 11.6 Å². The first-order valence-electron chi connectivity index (χ1n) is 14.6. The summed E-state index contributed by atoms with van der Waals surface area (Å²) in [5, 5.41) is 19.2. The Bertz CT molecular complexity index is 929. The Balaban J connectivity index is 1.15. The molecule has 200 valence electrons. The predicted molar refractivity (Wildman–Crippen MR) is 137 cm³/mol. The molecule has 0 unspecified atom stereocenters. The Morgan fingerprint density at radius 1 is 1.08 bits per heavy atom. The van der Waals surface area contributed by atoms with E-state index in [0.29, 0.717) is 24.4 Å². The Kier molecular flexibility index (Phi) is 6.18. The first-order valence-corrected chi connectivity index (χ1v) is 14.6. The molecule has 0 aromatic carbocycles. The molecule has 2 heterocycles. The van der Waals surface area contributed by atoms with Gasteiger partial charge in [0.2, 0.25) is 0 Å². The lowest BCUT2D eigenvalue weighted by Crippen LogP contribution is -2.63. The van der Waals surface area contributed by atoms with Gasteiger partial charge in [-0.15, -0.1) is 0 Å². The smallest absolute Gasteiger partial charge is 0.331 e. The zero-order valence-electron chi connectivity index (χ0n) is 22.2. The number of ether oxygens (including phenoxy) is 1. The van der Waals surface area contributed by atoms with E-state index in [4.69, 9.17) is 4.74 Å². The molecule has 2 amide bonds. The van der Waals surface area contributed by atoms with Gasteiger partial charge in [0.1, 0.15) is 6.61 Å². The van der Waals surface area contributed by atoms with E-state index in [-0.39, 0.29) is 34.8 Å². The van der Waals surface area contributed by atoms with Crippen LogP contribution in [0.1, 0.15) is 78.1 Å². The van der Waals surface area contributed by atoms with Gasteiger partial charge in [0.05, 0.1) is 5.60 Å². The molecule has 0 bridgehead atoms. The van der Waals surface area contributed by atoms with E-state index >= 15 is 0 Å². The van der Waals surface area contributed by atoms with Crippen molar-refractivity contribution >= 4 is 12.0 Å². The van der Waals surface area contributed by atoms with Crippen molar-refractivity contribution in [1.29, 1.82) is 0 Å². The Labute approximate surface area is 215 Å². The maximum Gasteiger partial charge on any atom is 0.331 e. The topological polar surface area (TPSA) is 90.9 Å².